The molecule has 1 aromatic heterocycles. The van der Waals surface area contributed by atoms with Crippen LogP contribution in [0.5, 0.6) is 5.75 Å². The molecule has 36 heavy (non-hydrogen) atoms. The number of methoxy groups -OCH3 is 1. The second-order valence-electron chi connectivity index (χ2n) is 8.82. The first-order chi connectivity index (χ1) is 17.3. The van der Waals surface area contributed by atoms with Crippen molar-refractivity contribution in [1.82, 2.24) is 15.0 Å². The van der Waals surface area contributed by atoms with E-state index in [1.165, 1.54) is 0 Å². The molecule has 7 nitrogen and oxygen atoms in total. The molecule has 0 bridgehead atoms. The van der Waals surface area contributed by atoms with E-state index in [0.717, 1.165) is 40.1 Å². The Morgan fingerprint density at radius 3 is 2.42 bits per heavy atom. The molecule has 0 aliphatic carbocycles. The summed E-state index contributed by atoms with van der Waals surface area (Å²) in [6, 6.07) is 19.2. The molecule has 0 saturated heterocycles. The van der Waals surface area contributed by atoms with Gasteiger partial charge in [-0.3, -0.25) is 4.79 Å². The van der Waals surface area contributed by atoms with Gasteiger partial charge in [0.2, 0.25) is 11.7 Å². The van der Waals surface area contributed by atoms with Crippen molar-refractivity contribution in [2.45, 2.75) is 13.8 Å². The summed E-state index contributed by atoms with van der Waals surface area (Å²) < 4.78 is 10.5. The molecule has 0 unspecified atom stereocenters. The highest BCUT2D eigenvalue weighted by Gasteiger charge is 2.11. The number of anilines is 1. The molecule has 1 amide bonds. The third kappa shape index (κ3) is 5.87. The van der Waals surface area contributed by atoms with Crippen molar-refractivity contribution >= 4 is 17.7 Å². The first kappa shape index (κ1) is 24.9. The van der Waals surface area contributed by atoms with Gasteiger partial charge < -0.3 is 19.5 Å². The van der Waals surface area contributed by atoms with Crippen molar-refractivity contribution in [2.24, 2.45) is 0 Å². The van der Waals surface area contributed by atoms with Crippen LogP contribution in [-0.2, 0) is 0 Å². The van der Waals surface area contributed by atoms with Crippen LogP contribution >= 0.6 is 0 Å². The zero-order chi connectivity index (χ0) is 25.7. The van der Waals surface area contributed by atoms with Crippen LogP contribution in [0.3, 0.4) is 0 Å². The van der Waals surface area contributed by atoms with Crippen molar-refractivity contribution in [3.05, 3.63) is 89.3 Å². The number of aromatic nitrogens is 2. The van der Waals surface area contributed by atoms with Gasteiger partial charge in [-0.25, -0.2) is 0 Å². The van der Waals surface area contributed by atoms with E-state index in [-0.39, 0.29) is 5.91 Å². The van der Waals surface area contributed by atoms with Gasteiger partial charge in [-0.2, -0.15) is 4.98 Å². The largest absolute Gasteiger partial charge is 0.496 e. The fraction of sp³-hybridized carbons (Fsp3) is 0.207. The van der Waals surface area contributed by atoms with E-state index in [9.17, 15) is 4.79 Å². The molecular formula is C29H30N4O3. The smallest absolute Gasteiger partial charge is 0.255 e. The summed E-state index contributed by atoms with van der Waals surface area (Å²) in [5.74, 6) is 1.69. The highest BCUT2D eigenvalue weighted by Crippen LogP contribution is 2.28. The van der Waals surface area contributed by atoms with Crippen molar-refractivity contribution < 1.29 is 14.1 Å². The molecular weight excluding hydrogens is 452 g/mol. The highest BCUT2D eigenvalue weighted by atomic mass is 16.5. The van der Waals surface area contributed by atoms with E-state index in [1.54, 1.807) is 14.0 Å². The van der Waals surface area contributed by atoms with E-state index >= 15 is 0 Å². The Labute approximate surface area is 211 Å². The second kappa shape index (κ2) is 11.0. The van der Waals surface area contributed by atoms with E-state index in [0.29, 0.717) is 23.0 Å². The van der Waals surface area contributed by atoms with Gasteiger partial charge in [-0.1, -0.05) is 41.6 Å². The zero-order valence-electron chi connectivity index (χ0n) is 21.2. The Kier molecular flexibility index (Phi) is 7.61. The number of nitrogens with zero attached hydrogens (tertiary/aromatic N) is 3. The summed E-state index contributed by atoms with van der Waals surface area (Å²) in [6.45, 7) is 4.62. The number of carbonyl (C=O) groups excluding carboxylic acids is 1. The molecule has 0 saturated carbocycles. The predicted molar refractivity (Wildman–Crippen MR) is 143 cm³/mol. The van der Waals surface area contributed by atoms with Gasteiger partial charge in [0.25, 0.3) is 5.91 Å². The number of amides is 1. The lowest BCUT2D eigenvalue weighted by Crippen LogP contribution is -2.12. The maximum Gasteiger partial charge on any atom is 0.255 e. The summed E-state index contributed by atoms with van der Waals surface area (Å²) in [7, 11) is 5.66. The van der Waals surface area contributed by atoms with Crippen LogP contribution in [-0.4, -0.2) is 48.7 Å². The Bertz CT molecular complexity index is 1390. The average molecular weight is 483 g/mol. The number of benzene rings is 3. The molecule has 0 radical (unpaired) electrons. The lowest BCUT2D eigenvalue weighted by atomic mass is 9.97. The van der Waals surface area contributed by atoms with Crippen LogP contribution in [0, 0.1) is 13.8 Å². The molecule has 4 aromatic rings. The van der Waals surface area contributed by atoms with Gasteiger partial charge in [0.1, 0.15) is 5.75 Å². The molecule has 0 spiro atoms. The Morgan fingerprint density at radius 1 is 1.03 bits per heavy atom. The highest BCUT2D eigenvalue weighted by molar-refractivity contribution is 6.04. The van der Waals surface area contributed by atoms with Gasteiger partial charge in [0, 0.05) is 35.8 Å². The van der Waals surface area contributed by atoms with E-state index < -0.39 is 0 Å². The van der Waals surface area contributed by atoms with Crippen LogP contribution in [0.2, 0.25) is 0 Å². The van der Waals surface area contributed by atoms with E-state index in [4.69, 9.17) is 9.26 Å². The van der Waals surface area contributed by atoms with Gasteiger partial charge in [-0.05, 0) is 74.1 Å². The Hall–Kier alpha value is -4.23. The number of carbonyl (C=O) groups is 1. The lowest BCUT2D eigenvalue weighted by molar-refractivity contribution is 0.102. The SMILES string of the molecule is COc1ccc(NC(=O)c2ccc(-c3ccc(-c4noc(C)n4)cc3C)cc2)cc1C=CCN(C)C. The van der Waals surface area contributed by atoms with Crippen molar-refractivity contribution in [1.29, 1.82) is 0 Å². The number of nitrogens with one attached hydrogen (secondary N) is 1. The summed E-state index contributed by atoms with van der Waals surface area (Å²) in [5.41, 5.74) is 6.28. The summed E-state index contributed by atoms with van der Waals surface area (Å²) in [6.07, 6.45) is 4.05. The summed E-state index contributed by atoms with van der Waals surface area (Å²) in [5, 5.41) is 6.97. The van der Waals surface area contributed by atoms with Gasteiger partial charge in [0.15, 0.2) is 0 Å². The fourth-order valence-electron chi connectivity index (χ4n) is 3.88. The van der Waals surface area contributed by atoms with Crippen LogP contribution in [0.25, 0.3) is 28.6 Å². The lowest BCUT2D eigenvalue weighted by Gasteiger charge is -2.11. The van der Waals surface area contributed by atoms with Crippen molar-refractivity contribution in [2.75, 3.05) is 33.1 Å². The molecule has 0 fully saturated rings. The van der Waals surface area contributed by atoms with Gasteiger partial charge in [-0.15, -0.1) is 0 Å². The maximum absolute atomic E-state index is 12.9. The Morgan fingerprint density at radius 2 is 1.78 bits per heavy atom. The number of aryl methyl sites for hydroxylation is 2. The number of rotatable bonds is 8. The van der Waals surface area contributed by atoms with Crippen LogP contribution < -0.4 is 10.1 Å². The summed E-state index contributed by atoms with van der Waals surface area (Å²) >= 11 is 0. The number of hydrogen-bond acceptors (Lipinski definition) is 6. The van der Waals surface area contributed by atoms with Crippen LogP contribution in [0.1, 0.15) is 27.4 Å². The summed E-state index contributed by atoms with van der Waals surface area (Å²) in [4.78, 5) is 19.3. The fourth-order valence-corrected chi connectivity index (χ4v) is 3.88. The maximum atomic E-state index is 12.9. The van der Waals surface area contributed by atoms with Gasteiger partial charge in [0.05, 0.1) is 7.11 Å². The first-order valence-corrected chi connectivity index (χ1v) is 11.7. The normalized spacial score (nSPS) is 11.3. The van der Waals surface area contributed by atoms with Gasteiger partial charge >= 0.3 is 0 Å². The molecule has 184 valence electrons. The molecule has 0 atom stereocenters. The van der Waals surface area contributed by atoms with Crippen molar-refractivity contribution in [3.63, 3.8) is 0 Å². The zero-order valence-corrected chi connectivity index (χ0v) is 21.2. The number of ether oxygens (including phenoxy) is 1. The van der Waals surface area contributed by atoms with Crippen LogP contribution in [0.4, 0.5) is 5.69 Å². The minimum Gasteiger partial charge on any atom is -0.496 e. The molecule has 7 heteroatoms. The average Bonchev–Trinajstić information content (AvgIpc) is 3.30. The minimum absolute atomic E-state index is 0.172. The molecule has 0 aliphatic rings. The monoisotopic (exact) mass is 482 g/mol. The molecule has 0 aliphatic heterocycles. The molecule has 3 aromatic carbocycles. The quantitative estimate of drug-likeness (QED) is 0.339. The molecule has 1 N–H and O–H groups in total. The number of likely N-dealkylation sites (N-methyl/N-ethyl adjacent to an activating group) is 1. The third-order valence-corrected chi connectivity index (χ3v) is 5.73. The van der Waals surface area contributed by atoms with E-state index in [2.05, 4.69) is 26.4 Å². The first-order valence-electron chi connectivity index (χ1n) is 11.7. The minimum atomic E-state index is -0.172. The van der Waals surface area contributed by atoms with E-state index in [1.807, 2.05) is 87.8 Å². The number of hydrogen-bond donors (Lipinski definition) is 1. The predicted octanol–water partition coefficient (Wildman–Crippen LogP) is 5.86. The van der Waals surface area contributed by atoms with Crippen LogP contribution in [0.15, 0.2) is 71.3 Å². The third-order valence-electron chi connectivity index (χ3n) is 5.73. The second-order valence-corrected chi connectivity index (χ2v) is 8.82. The topological polar surface area (TPSA) is 80.5 Å². The molecule has 1 heterocycles. The Balaban J connectivity index is 1.48. The van der Waals surface area contributed by atoms with Crippen molar-refractivity contribution in [3.8, 4) is 28.3 Å². The standard InChI is InChI=1S/C29H30N4O3/c1-19-17-24(28-30-20(2)36-32-28)12-14-26(19)21-8-10-22(11-9-21)29(34)31-25-13-15-27(35-5)23(18-25)7-6-16-33(3)4/h6-15,17-18H,16H2,1-5H3,(H,31,34). The molecule has 4 rings (SSSR count).